The second kappa shape index (κ2) is 3.06. The Bertz CT molecular complexity index is 286. The average molecular weight is 182 g/mol. The Balaban J connectivity index is 3.23. The highest BCUT2D eigenvalue weighted by Crippen LogP contribution is 2.29. The summed E-state index contributed by atoms with van der Waals surface area (Å²) in [6, 6.07) is 5.62. The van der Waals surface area contributed by atoms with E-state index in [-0.39, 0.29) is 5.41 Å². The molecule has 1 N–H and O–H groups in total. The highest BCUT2D eigenvalue weighted by molar-refractivity contribution is 7.27. The van der Waals surface area contributed by atoms with Crippen LogP contribution in [0.2, 0.25) is 0 Å². The maximum atomic E-state index is 9.56. The third-order valence-electron chi connectivity index (χ3n) is 1.83. The Morgan fingerprint density at radius 2 is 1.83 bits per heavy atom. The van der Waals surface area contributed by atoms with Crippen molar-refractivity contribution in [2.45, 2.75) is 26.2 Å². The molecule has 2 heteroatoms. The SMILES string of the molecule is CC(C)(C)c1cc(P)ccc1O. The molecule has 66 valence electrons. The molecular weight excluding hydrogens is 167 g/mol. The Hall–Kier alpha value is -0.550. The lowest BCUT2D eigenvalue weighted by Crippen LogP contribution is -2.13. The van der Waals surface area contributed by atoms with Gasteiger partial charge in [-0.3, -0.25) is 0 Å². The highest BCUT2D eigenvalue weighted by atomic mass is 31.0. The van der Waals surface area contributed by atoms with Crippen LogP contribution in [0, 0.1) is 0 Å². The van der Waals surface area contributed by atoms with Gasteiger partial charge in [0.05, 0.1) is 0 Å². The van der Waals surface area contributed by atoms with Gasteiger partial charge in [-0.2, -0.15) is 0 Å². The molecule has 0 saturated carbocycles. The van der Waals surface area contributed by atoms with Crippen LogP contribution in [-0.2, 0) is 5.41 Å². The van der Waals surface area contributed by atoms with E-state index in [0.717, 1.165) is 10.9 Å². The molecule has 0 saturated heterocycles. The molecule has 0 fully saturated rings. The minimum absolute atomic E-state index is 0.0106. The van der Waals surface area contributed by atoms with Gasteiger partial charge in [-0.25, -0.2) is 0 Å². The lowest BCUT2D eigenvalue weighted by Gasteiger charge is -2.20. The fourth-order valence-corrected chi connectivity index (χ4v) is 1.42. The zero-order valence-corrected chi connectivity index (χ0v) is 8.91. The van der Waals surface area contributed by atoms with Crippen molar-refractivity contribution in [2.75, 3.05) is 0 Å². The topological polar surface area (TPSA) is 20.2 Å². The van der Waals surface area contributed by atoms with Gasteiger partial charge in [0.1, 0.15) is 5.75 Å². The zero-order chi connectivity index (χ0) is 9.35. The summed E-state index contributed by atoms with van der Waals surface area (Å²) in [6.07, 6.45) is 0. The molecule has 0 spiro atoms. The maximum Gasteiger partial charge on any atom is 0.119 e. The molecule has 0 heterocycles. The van der Waals surface area contributed by atoms with Crippen LogP contribution >= 0.6 is 9.24 Å². The van der Waals surface area contributed by atoms with Gasteiger partial charge in [0.2, 0.25) is 0 Å². The third kappa shape index (κ3) is 1.98. The van der Waals surface area contributed by atoms with Crippen LogP contribution in [0.15, 0.2) is 18.2 Å². The number of rotatable bonds is 0. The maximum absolute atomic E-state index is 9.56. The van der Waals surface area contributed by atoms with Crippen molar-refractivity contribution in [2.24, 2.45) is 0 Å². The van der Waals surface area contributed by atoms with Crippen molar-refractivity contribution < 1.29 is 5.11 Å². The molecule has 1 nitrogen and oxygen atoms in total. The molecule has 0 aromatic heterocycles. The van der Waals surface area contributed by atoms with Gasteiger partial charge < -0.3 is 5.11 Å². The van der Waals surface area contributed by atoms with Gasteiger partial charge in [-0.15, -0.1) is 9.24 Å². The summed E-state index contributed by atoms with van der Waals surface area (Å²) in [5, 5.41) is 10.7. The number of hydrogen-bond acceptors (Lipinski definition) is 1. The zero-order valence-electron chi connectivity index (χ0n) is 7.76. The van der Waals surface area contributed by atoms with E-state index >= 15 is 0 Å². The van der Waals surface area contributed by atoms with E-state index in [4.69, 9.17) is 0 Å². The lowest BCUT2D eigenvalue weighted by atomic mass is 9.86. The fourth-order valence-electron chi connectivity index (χ4n) is 1.15. The fraction of sp³-hybridized carbons (Fsp3) is 0.400. The highest BCUT2D eigenvalue weighted by Gasteiger charge is 2.17. The summed E-state index contributed by atoms with van der Waals surface area (Å²) >= 11 is 0. The number of hydrogen-bond donors (Lipinski definition) is 1. The van der Waals surface area contributed by atoms with E-state index in [0.29, 0.717) is 5.75 Å². The molecule has 0 bridgehead atoms. The Kier molecular flexibility index (Phi) is 2.44. The van der Waals surface area contributed by atoms with Crippen molar-refractivity contribution in [1.82, 2.24) is 0 Å². The summed E-state index contributed by atoms with van der Waals surface area (Å²) in [4.78, 5) is 0. The molecular formula is C10H15OP. The van der Waals surface area contributed by atoms with Crippen LogP contribution in [0.25, 0.3) is 0 Å². The van der Waals surface area contributed by atoms with Gasteiger partial charge in [0.25, 0.3) is 0 Å². The molecule has 0 aliphatic rings. The summed E-state index contributed by atoms with van der Waals surface area (Å²) in [7, 11) is 2.63. The van der Waals surface area contributed by atoms with Crippen LogP contribution in [-0.4, -0.2) is 5.11 Å². The van der Waals surface area contributed by atoms with Crippen molar-refractivity contribution in [3.63, 3.8) is 0 Å². The summed E-state index contributed by atoms with van der Waals surface area (Å²) in [6.45, 7) is 6.27. The van der Waals surface area contributed by atoms with Gasteiger partial charge in [0, 0.05) is 0 Å². The summed E-state index contributed by atoms with van der Waals surface area (Å²) in [5.41, 5.74) is 1.01. The monoisotopic (exact) mass is 182 g/mol. The van der Waals surface area contributed by atoms with Gasteiger partial charge in [-0.05, 0) is 28.4 Å². The van der Waals surface area contributed by atoms with Crippen molar-refractivity contribution >= 4 is 14.5 Å². The number of aromatic hydroxyl groups is 1. The van der Waals surface area contributed by atoms with E-state index in [2.05, 4.69) is 30.0 Å². The van der Waals surface area contributed by atoms with Gasteiger partial charge in [0.15, 0.2) is 0 Å². The van der Waals surface area contributed by atoms with Crippen LogP contribution in [0.4, 0.5) is 0 Å². The molecule has 1 aromatic rings. The van der Waals surface area contributed by atoms with Crippen molar-refractivity contribution in [3.05, 3.63) is 23.8 Å². The summed E-state index contributed by atoms with van der Waals surface area (Å²) < 4.78 is 0. The minimum Gasteiger partial charge on any atom is -0.508 e. The second-order valence-corrected chi connectivity index (χ2v) is 4.69. The first-order valence-corrected chi connectivity index (χ1v) is 4.58. The Morgan fingerprint density at radius 1 is 1.25 bits per heavy atom. The van der Waals surface area contributed by atoms with Crippen molar-refractivity contribution in [1.29, 1.82) is 0 Å². The average Bonchev–Trinajstić information content (AvgIpc) is 1.92. The Morgan fingerprint density at radius 3 is 2.25 bits per heavy atom. The van der Waals surface area contributed by atoms with Crippen molar-refractivity contribution in [3.8, 4) is 5.75 Å². The van der Waals surface area contributed by atoms with E-state index in [9.17, 15) is 5.11 Å². The van der Waals surface area contributed by atoms with E-state index in [1.165, 1.54) is 0 Å². The van der Waals surface area contributed by atoms with Gasteiger partial charge in [-0.1, -0.05) is 26.8 Å². The predicted molar refractivity (Wildman–Crippen MR) is 56.2 cm³/mol. The number of benzene rings is 1. The van der Waals surface area contributed by atoms with E-state index < -0.39 is 0 Å². The molecule has 1 unspecified atom stereocenters. The predicted octanol–water partition coefficient (Wildman–Crippen LogP) is 2.19. The quantitative estimate of drug-likeness (QED) is 0.610. The first-order chi connectivity index (χ1) is 5.41. The summed E-state index contributed by atoms with van der Waals surface area (Å²) in [5.74, 6) is 0.383. The molecule has 12 heavy (non-hydrogen) atoms. The van der Waals surface area contributed by atoms with Crippen LogP contribution in [0.5, 0.6) is 5.75 Å². The van der Waals surface area contributed by atoms with Crippen LogP contribution in [0.1, 0.15) is 26.3 Å². The standard InChI is InChI=1S/C10H15OP/c1-10(2,3)8-6-7(12)4-5-9(8)11/h4-6,11H,12H2,1-3H3. The van der Waals surface area contributed by atoms with Gasteiger partial charge >= 0.3 is 0 Å². The number of phenolic OH excluding ortho intramolecular Hbond substituents is 1. The molecule has 0 aliphatic heterocycles. The molecule has 1 aromatic carbocycles. The van der Waals surface area contributed by atoms with E-state index in [1.807, 2.05) is 12.1 Å². The second-order valence-electron chi connectivity index (χ2n) is 4.03. The lowest BCUT2D eigenvalue weighted by molar-refractivity contribution is 0.447. The molecule has 1 atom stereocenters. The minimum atomic E-state index is 0.0106. The molecule has 0 radical (unpaired) electrons. The molecule has 0 amide bonds. The first kappa shape index (κ1) is 9.54. The third-order valence-corrected chi connectivity index (χ3v) is 2.19. The molecule has 1 rings (SSSR count). The number of phenols is 1. The smallest absolute Gasteiger partial charge is 0.119 e. The van der Waals surface area contributed by atoms with E-state index in [1.54, 1.807) is 6.07 Å². The van der Waals surface area contributed by atoms with Crippen LogP contribution in [0.3, 0.4) is 0 Å². The first-order valence-electron chi connectivity index (χ1n) is 4.00. The largest absolute Gasteiger partial charge is 0.508 e. The molecule has 0 aliphatic carbocycles. The normalized spacial score (nSPS) is 11.7. The Labute approximate surface area is 76.0 Å². The van der Waals surface area contributed by atoms with Crippen LogP contribution < -0.4 is 5.30 Å².